The Hall–Kier alpha value is -2.83. The average Bonchev–Trinajstić information content (AvgIpc) is 2.91. The van der Waals surface area contributed by atoms with Gasteiger partial charge in [0.1, 0.15) is 0 Å². The van der Waals surface area contributed by atoms with Gasteiger partial charge in [0.05, 0.1) is 13.2 Å². The lowest BCUT2D eigenvalue weighted by Crippen LogP contribution is -2.69. The Balaban J connectivity index is 1.78. The van der Waals surface area contributed by atoms with Crippen LogP contribution in [-0.4, -0.2) is 54.3 Å². The first-order valence-electron chi connectivity index (χ1n) is 8.94. The van der Waals surface area contributed by atoms with Crippen molar-refractivity contribution in [3.8, 4) is 0 Å². The lowest BCUT2D eigenvalue weighted by Gasteiger charge is -2.40. The van der Waals surface area contributed by atoms with Crippen molar-refractivity contribution in [3.63, 3.8) is 0 Å². The molecule has 1 fully saturated rings. The van der Waals surface area contributed by atoms with Gasteiger partial charge in [-0.2, -0.15) is 0 Å². The molecule has 0 spiro atoms. The summed E-state index contributed by atoms with van der Waals surface area (Å²) >= 11 is 0. The molecule has 0 radical (unpaired) electrons. The number of aryl methyl sites for hydroxylation is 1. The van der Waals surface area contributed by atoms with E-state index in [9.17, 15) is 14.4 Å². The Morgan fingerprint density at radius 3 is 2.22 bits per heavy atom. The van der Waals surface area contributed by atoms with Crippen molar-refractivity contribution in [1.82, 2.24) is 10.2 Å². The second kappa shape index (κ2) is 6.72. The molecule has 2 aliphatic rings. The summed E-state index contributed by atoms with van der Waals surface area (Å²) in [5, 5.41) is 2.78. The van der Waals surface area contributed by atoms with Gasteiger partial charge in [0.25, 0.3) is 5.91 Å². The monoisotopic (exact) mass is 364 g/mol. The summed E-state index contributed by atoms with van der Waals surface area (Å²) in [5.74, 6) is -1.21. The minimum atomic E-state index is -1.71. The Morgan fingerprint density at radius 2 is 1.63 bits per heavy atom. The van der Waals surface area contributed by atoms with Crippen LogP contribution < -0.4 is 5.32 Å². The second-order valence-electron chi connectivity index (χ2n) is 6.84. The van der Waals surface area contributed by atoms with Gasteiger partial charge < -0.3 is 10.1 Å². The Kier molecular flexibility index (Phi) is 4.37. The van der Waals surface area contributed by atoms with Gasteiger partial charge >= 0.3 is 0 Å². The highest BCUT2D eigenvalue weighted by atomic mass is 16.5. The van der Waals surface area contributed by atoms with Crippen LogP contribution in [0.3, 0.4) is 0 Å². The van der Waals surface area contributed by atoms with Crippen LogP contribution in [0.2, 0.25) is 0 Å². The van der Waals surface area contributed by atoms with Crippen molar-refractivity contribution in [2.75, 3.05) is 26.3 Å². The number of Topliss-reactive ketones (excluding diaryl/α,β-unsaturated/α-hetero) is 2. The van der Waals surface area contributed by atoms with Crippen LogP contribution in [0.25, 0.3) is 0 Å². The molecule has 2 aromatic rings. The predicted octanol–water partition coefficient (Wildman–Crippen LogP) is 1.83. The number of hydrogen-bond acceptors (Lipinski definition) is 5. The van der Waals surface area contributed by atoms with Crippen LogP contribution in [0.1, 0.15) is 36.6 Å². The molecule has 1 amide bonds. The quantitative estimate of drug-likeness (QED) is 0.841. The maximum absolute atomic E-state index is 13.3. The van der Waals surface area contributed by atoms with Gasteiger partial charge in [0.2, 0.25) is 17.2 Å². The molecule has 1 aliphatic carbocycles. The van der Waals surface area contributed by atoms with Gasteiger partial charge in [-0.1, -0.05) is 42.0 Å². The molecule has 0 unspecified atom stereocenters. The normalized spacial score (nSPS) is 19.0. The largest absolute Gasteiger partial charge is 0.379 e. The first kappa shape index (κ1) is 17.6. The number of hydrogen-bond donors (Lipinski definition) is 1. The summed E-state index contributed by atoms with van der Waals surface area (Å²) in [6.45, 7) is 3.47. The summed E-state index contributed by atoms with van der Waals surface area (Å²) in [4.78, 5) is 41.4. The zero-order valence-electron chi connectivity index (χ0n) is 15.0. The van der Waals surface area contributed by atoms with Crippen LogP contribution in [0.15, 0.2) is 48.5 Å². The molecule has 6 nitrogen and oxygen atoms in total. The van der Waals surface area contributed by atoms with E-state index in [1.54, 1.807) is 47.4 Å². The van der Waals surface area contributed by atoms with Gasteiger partial charge in [0.15, 0.2) is 0 Å². The Bertz CT molecular complexity index is 896. The zero-order valence-corrected chi connectivity index (χ0v) is 15.0. The number of rotatable bonds is 3. The lowest BCUT2D eigenvalue weighted by atomic mass is 9.99. The molecule has 138 valence electrons. The van der Waals surface area contributed by atoms with Crippen molar-refractivity contribution in [2.24, 2.45) is 0 Å². The molecule has 1 aliphatic heterocycles. The number of morpholine rings is 1. The molecule has 27 heavy (non-hydrogen) atoms. The molecule has 0 aromatic heterocycles. The minimum absolute atomic E-state index is 0.346. The highest BCUT2D eigenvalue weighted by Gasteiger charge is 2.58. The Labute approximate surface area is 157 Å². The van der Waals surface area contributed by atoms with E-state index in [2.05, 4.69) is 5.32 Å². The van der Waals surface area contributed by atoms with E-state index >= 15 is 0 Å². The maximum Gasteiger partial charge on any atom is 0.253 e. The van der Waals surface area contributed by atoms with Crippen molar-refractivity contribution >= 4 is 17.5 Å². The topological polar surface area (TPSA) is 75.7 Å². The van der Waals surface area contributed by atoms with E-state index in [1.807, 2.05) is 13.0 Å². The summed E-state index contributed by atoms with van der Waals surface area (Å²) in [6.07, 6.45) is 0. The van der Waals surface area contributed by atoms with Crippen molar-refractivity contribution in [3.05, 3.63) is 70.8 Å². The third-order valence-electron chi connectivity index (χ3n) is 5.13. The molecular weight excluding hydrogens is 344 g/mol. The molecule has 1 saturated heterocycles. The van der Waals surface area contributed by atoms with E-state index in [0.717, 1.165) is 5.56 Å². The fraction of sp³-hybridized carbons (Fsp3) is 0.286. The summed E-state index contributed by atoms with van der Waals surface area (Å²) in [7, 11) is 0. The van der Waals surface area contributed by atoms with E-state index in [1.165, 1.54) is 0 Å². The van der Waals surface area contributed by atoms with Gasteiger partial charge in [-0.25, -0.2) is 0 Å². The van der Waals surface area contributed by atoms with Crippen molar-refractivity contribution in [2.45, 2.75) is 12.6 Å². The fourth-order valence-electron chi connectivity index (χ4n) is 3.77. The number of nitrogens with zero attached hydrogens (tertiary/aromatic N) is 1. The van der Waals surface area contributed by atoms with Crippen LogP contribution in [-0.2, 0) is 4.74 Å². The minimum Gasteiger partial charge on any atom is -0.379 e. The molecule has 2 aromatic carbocycles. The number of ketones is 2. The van der Waals surface area contributed by atoms with Crippen molar-refractivity contribution < 1.29 is 19.1 Å². The highest BCUT2D eigenvalue weighted by molar-refractivity contribution is 6.33. The summed E-state index contributed by atoms with van der Waals surface area (Å²) in [5.41, 5.74) is 0.320. The van der Waals surface area contributed by atoms with Gasteiger partial charge in [-0.15, -0.1) is 0 Å². The summed E-state index contributed by atoms with van der Waals surface area (Å²) < 4.78 is 5.38. The second-order valence-corrected chi connectivity index (χ2v) is 6.84. The average molecular weight is 364 g/mol. The van der Waals surface area contributed by atoms with Gasteiger partial charge in [-0.05, 0) is 19.1 Å². The van der Waals surface area contributed by atoms with Crippen molar-refractivity contribution in [1.29, 1.82) is 0 Å². The molecule has 0 bridgehead atoms. The molecule has 1 N–H and O–H groups in total. The molecule has 4 rings (SSSR count). The van der Waals surface area contributed by atoms with E-state index in [0.29, 0.717) is 43.0 Å². The number of carbonyl (C=O) groups is 3. The first-order valence-corrected chi connectivity index (χ1v) is 8.94. The molecule has 1 heterocycles. The number of ether oxygens (including phenoxy) is 1. The van der Waals surface area contributed by atoms with E-state index < -0.39 is 11.6 Å². The predicted molar refractivity (Wildman–Crippen MR) is 98.9 cm³/mol. The maximum atomic E-state index is 13.3. The number of amides is 1. The van der Waals surface area contributed by atoms with E-state index in [4.69, 9.17) is 4.74 Å². The fourth-order valence-corrected chi connectivity index (χ4v) is 3.77. The lowest BCUT2D eigenvalue weighted by molar-refractivity contribution is -0.0151. The number of benzene rings is 2. The molecule has 0 saturated carbocycles. The third-order valence-corrected chi connectivity index (χ3v) is 5.13. The summed E-state index contributed by atoms with van der Waals surface area (Å²) in [6, 6.07) is 13.8. The highest BCUT2D eigenvalue weighted by Crippen LogP contribution is 2.33. The zero-order chi connectivity index (χ0) is 19.0. The number of nitrogens with one attached hydrogen (secondary N) is 1. The standard InChI is InChI=1S/C21H20N2O4/c1-14-5-4-6-15(13-14)20(26)22-21(23-9-11-27-12-10-23)18(24)16-7-2-3-8-17(16)19(21)25/h2-8,13H,9-12H2,1H3,(H,22,26). The van der Waals surface area contributed by atoms with Crippen LogP contribution in [0.4, 0.5) is 0 Å². The molecular formula is C21H20N2O4. The van der Waals surface area contributed by atoms with E-state index in [-0.39, 0.29) is 11.6 Å². The first-order chi connectivity index (χ1) is 13.0. The Morgan fingerprint density at radius 1 is 1.00 bits per heavy atom. The molecule has 6 heteroatoms. The number of fused-ring (bicyclic) bond motifs is 1. The van der Waals surface area contributed by atoms with Gasteiger partial charge in [-0.3, -0.25) is 19.3 Å². The van der Waals surface area contributed by atoms with Crippen LogP contribution in [0, 0.1) is 6.92 Å². The SMILES string of the molecule is Cc1cccc(C(=O)NC2(N3CCOCC3)C(=O)c3ccccc3C2=O)c1. The van der Waals surface area contributed by atoms with Crippen LogP contribution >= 0.6 is 0 Å². The molecule has 0 atom stereocenters. The number of carbonyl (C=O) groups excluding carboxylic acids is 3. The smallest absolute Gasteiger partial charge is 0.253 e. The van der Waals surface area contributed by atoms with Crippen LogP contribution in [0.5, 0.6) is 0 Å². The van der Waals surface area contributed by atoms with Gasteiger partial charge in [0, 0.05) is 29.8 Å². The third kappa shape index (κ3) is 2.78.